The van der Waals surface area contributed by atoms with Gasteiger partial charge in [-0.2, -0.15) is 0 Å². The van der Waals surface area contributed by atoms with Crippen LogP contribution in [0.3, 0.4) is 0 Å². The Bertz CT molecular complexity index is 467. The van der Waals surface area contributed by atoms with E-state index in [-0.39, 0.29) is 6.10 Å². The Hall–Kier alpha value is -1.14. The Labute approximate surface area is 123 Å². The molecule has 0 aromatic carbocycles. The summed E-state index contributed by atoms with van der Waals surface area (Å²) in [4.78, 5) is 18.0. The first-order chi connectivity index (χ1) is 9.45. The Morgan fingerprint density at radius 2 is 2.40 bits per heavy atom. The SMILES string of the molecule is CCN(CC1CCCO1)c1nc(C(C)(C)C(=O)O)cs1. The summed E-state index contributed by atoms with van der Waals surface area (Å²) in [6.45, 7) is 7.97. The standard InChI is InChI=1S/C14H22N2O3S/c1-4-16(8-10-6-5-7-19-10)13-15-11(9-20-13)14(2,3)12(17)18/h9-10H,4-8H2,1-3H3,(H,17,18). The molecule has 1 aromatic heterocycles. The lowest BCUT2D eigenvalue weighted by Crippen LogP contribution is -2.32. The number of aliphatic carboxylic acids is 1. The number of hydrogen-bond acceptors (Lipinski definition) is 5. The van der Waals surface area contributed by atoms with Crippen LogP contribution in [-0.4, -0.2) is 41.9 Å². The molecule has 1 fully saturated rings. The van der Waals surface area contributed by atoms with Gasteiger partial charge < -0.3 is 14.7 Å². The second-order valence-corrected chi connectivity index (χ2v) is 6.46. The van der Waals surface area contributed by atoms with Gasteiger partial charge in [-0.3, -0.25) is 4.79 Å². The zero-order valence-electron chi connectivity index (χ0n) is 12.3. The van der Waals surface area contributed by atoms with Gasteiger partial charge in [0.05, 0.1) is 11.8 Å². The highest BCUT2D eigenvalue weighted by Crippen LogP contribution is 2.30. The van der Waals surface area contributed by atoms with Crippen LogP contribution in [0.5, 0.6) is 0 Å². The van der Waals surface area contributed by atoms with Crippen molar-refractivity contribution in [3.05, 3.63) is 11.1 Å². The van der Waals surface area contributed by atoms with E-state index in [1.807, 2.05) is 5.38 Å². The van der Waals surface area contributed by atoms with Crippen molar-refractivity contribution in [1.82, 2.24) is 4.98 Å². The minimum Gasteiger partial charge on any atom is -0.481 e. The average Bonchev–Trinajstić information content (AvgIpc) is 3.07. The maximum atomic E-state index is 11.3. The minimum absolute atomic E-state index is 0.273. The first-order valence-electron chi connectivity index (χ1n) is 7.01. The molecule has 0 amide bonds. The Balaban J connectivity index is 2.11. The molecule has 1 aromatic rings. The summed E-state index contributed by atoms with van der Waals surface area (Å²) in [6.07, 6.45) is 2.49. The molecular weight excluding hydrogens is 276 g/mol. The third kappa shape index (κ3) is 3.12. The number of ether oxygens (including phenoxy) is 1. The number of thiazole rings is 1. The fraction of sp³-hybridized carbons (Fsp3) is 0.714. The van der Waals surface area contributed by atoms with Crippen LogP contribution in [0.25, 0.3) is 0 Å². The summed E-state index contributed by atoms with van der Waals surface area (Å²) >= 11 is 1.51. The number of likely N-dealkylation sites (N-methyl/N-ethyl adjacent to an activating group) is 1. The predicted octanol–water partition coefficient (Wildman–Crippen LogP) is 2.51. The highest BCUT2D eigenvalue weighted by atomic mass is 32.1. The molecule has 0 saturated carbocycles. The van der Waals surface area contributed by atoms with Gasteiger partial charge in [0.25, 0.3) is 0 Å². The molecule has 1 atom stereocenters. The lowest BCUT2D eigenvalue weighted by atomic mass is 9.90. The van der Waals surface area contributed by atoms with Gasteiger partial charge in [0, 0.05) is 25.1 Å². The van der Waals surface area contributed by atoms with Crippen LogP contribution in [0.15, 0.2) is 5.38 Å². The normalized spacial score (nSPS) is 19.2. The van der Waals surface area contributed by atoms with E-state index in [1.165, 1.54) is 11.3 Å². The number of aromatic nitrogens is 1. The smallest absolute Gasteiger partial charge is 0.315 e. The second kappa shape index (κ2) is 6.10. The van der Waals surface area contributed by atoms with Gasteiger partial charge in [0.15, 0.2) is 5.13 Å². The van der Waals surface area contributed by atoms with Gasteiger partial charge >= 0.3 is 5.97 Å². The number of carboxylic acid groups (broad SMARTS) is 1. The van der Waals surface area contributed by atoms with Crippen molar-refractivity contribution in [2.24, 2.45) is 0 Å². The first kappa shape index (κ1) is 15.3. The van der Waals surface area contributed by atoms with Crippen molar-refractivity contribution in [3.8, 4) is 0 Å². The van der Waals surface area contributed by atoms with E-state index in [0.29, 0.717) is 5.69 Å². The van der Waals surface area contributed by atoms with E-state index in [4.69, 9.17) is 4.74 Å². The van der Waals surface area contributed by atoms with Gasteiger partial charge in [-0.15, -0.1) is 11.3 Å². The number of rotatable bonds is 6. The Kier molecular flexibility index (Phi) is 4.65. The molecule has 1 aliphatic heterocycles. The molecule has 20 heavy (non-hydrogen) atoms. The third-order valence-corrected chi connectivity index (χ3v) is 4.67. The summed E-state index contributed by atoms with van der Waals surface area (Å²) in [7, 11) is 0. The van der Waals surface area contributed by atoms with Crippen LogP contribution in [0.4, 0.5) is 5.13 Å². The molecule has 1 aliphatic rings. The number of carboxylic acids is 1. The zero-order chi connectivity index (χ0) is 14.8. The summed E-state index contributed by atoms with van der Waals surface area (Å²) in [5, 5.41) is 12.0. The molecular formula is C14H22N2O3S. The maximum absolute atomic E-state index is 11.3. The van der Waals surface area contributed by atoms with Gasteiger partial charge in [-0.05, 0) is 33.6 Å². The van der Waals surface area contributed by atoms with Crippen molar-refractivity contribution < 1.29 is 14.6 Å². The Morgan fingerprint density at radius 3 is 2.95 bits per heavy atom. The van der Waals surface area contributed by atoms with E-state index in [2.05, 4.69) is 16.8 Å². The lowest BCUT2D eigenvalue weighted by molar-refractivity contribution is -0.142. The Morgan fingerprint density at radius 1 is 1.65 bits per heavy atom. The topological polar surface area (TPSA) is 62.7 Å². The highest BCUT2D eigenvalue weighted by Gasteiger charge is 2.32. The fourth-order valence-corrected chi connectivity index (χ4v) is 3.25. The minimum atomic E-state index is -0.946. The van der Waals surface area contributed by atoms with E-state index < -0.39 is 11.4 Å². The first-order valence-corrected chi connectivity index (χ1v) is 7.89. The van der Waals surface area contributed by atoms with Crippen molar-refractivity contribution in [3.63, 3.8) is 0 Å². The highest BCUT2D eigenvalue weighted by molar-refractivity contribution is 7.13. The van der Waals surface area contributed by atoms with Crippen LogP contribution < -0.4 is 4.90 Å². The maximum Gasteiger partial charge on any atom is 0.315 e. The molecule has 1 unspecified atom stereocenters. The summed E-state index contributed by atoms with van der Waals surface area (Å²) in [5.41, 5.74) is -0.325. The molecule has 2 heterocycles. The summed E-state index contributed by atoms with van der Waals surface area (Å²) in [5.74, 6) is -0.850. The average molecular weight is 298 g/mol. The monoisotopic (exact) mass is 298 g/mol. The van der Waals surface area contributed by atoms with E-state index in [1.54, 1.807) is 13.8 Å². The van der Waals surface area contributed by atoms with Crippen LogP contribution in [0, 0.1) is 0 Å². The van der Waals surface area contributed by atoms with Crippen LogP contribution in [0.2, 0.25) is 0 Å². The summed E-state index contributed by atoms with van der Waals surface area (Å²) < 4.78 is 5.66. The number of anilines is 1. The molecule has 2 rings (SSSR count). The number of hydrogen-bond donors (Lipinski definition) is 1. The third-order valence-electron chi connectivity index (χ3n) is 3.77. The van der Waals surface area contributed by atoms with Crippen molar-refractivity contribution in [2.45, 2.75) is 45.1 Å². The van der Waals surface area contributed by atoms with Crippen molar-refractivity contribution >= 4 is 22.4 Å². The molecule has 1 N–H and O–H groups in total. The fourth-order valence-electron chi connectivity index (χ4n) is 2.18. The molecule has 1 saturated heterocycles. The molecule has 0 radical (unpaired) electrons. The number of carbonyl (C=O) groups is 1. The lowest BCUT2D eigenvalue weighted by Gasteiger charge is -2.23. The second-order valence-electron chi connectivity index (χ2n) is 5.62. The van der Waals surface area contributed by atoms with E-state index in [0.717, 1.165) is 37.7 Å². The predicted molar refractivity (Wildman–Crippen MR) is 79.6 cm³/mol. The van der Waals surface area contributed by atoms with Gasteiger partial charge in [0.2, 0.25) is 0 Å². The van der Waals surface area contributed by atoms with Gasteiger partial charge in [-0.25, -0.2) is 4.98 Å². The molecule has 112 valence electrons. The molecule has 0 bridgehead atoms. The van der Waals surface area contributed by atoms with Crippen LogP contribution >= 0.6 is 11.3 Å². The molecule has 0 spiro atoms. The number of nitrogens with zero attached hydrogens (tertiary/aromatic N) is 2. The van der Waals surface area contributed by atoms with Crippen LogP contribution in [0.1, 0.15) is 39.3 Å². The zero-order valence-corrected chi connectivity index (χ0v) is 13.1. The van der Waals surface area contributed by atoms with Crippen molar-refractivity contribution in [2.75, 3.05) is 24.6 Å². The van der Waals surface area contributed by atoms with E-state index in [9.17, 15) is 9.90 Å². The van der Waals surface area contributed by atoms with Gasteiger partial charge in [0.1, 0.15) is 5.41 Å². The molecule has 5 nitrogen and oxygen atoms in total. The summed E-state index contributed by atoms with van der Waals surface area (Å²) in [6, 6.07) is 0. The quantitative estimate of drug-likeness (QED) is 0.874. The molecule has 0 aliphatic carbocycles. The van der Waals surface area contributed by atoms with Gasteiger partial charge in [-0.1, -0.05) is 0 Å². The van der Waals surface area contributed by atoms with Crippen LogP contribution in [-0.2, 0) is 14.9 Å². The largest absolute Gasteiger partial charge is 0.481 e. The van der Waals surface area contributed by atoms with Crippen molar-refractivity contribution in [1.29, 1.82) is 0 Å². The molecule has 6 heteroatoms. The van der Waals surface area contributed by atoms with E-state index >= 15 is 0 Å².